The molecule has 3 aliphatic rings. The summed E-state index contributed by atoms with van der Waals surface area (Å²) in [6.07, 6.45) is 7.08. The second-order valence-electron chi connectivity index (χ2n) is 7.23. The van der Waals surface area contributed by atoms with Crippen LogP contribution in [0.1, 0.15) is 44.9 Å². The molecule has 1 saturated heterocycles. The fourth-order valence-corrected chi connectivity index (χ4v) is 3.70. The largest absolute Gasteiger partial charge is 0.393 e. The van der Waals surface area contributed by atoms with Gasteiger partial charge in [0, 0.05) is 44.6 Å². The van der Waals surface area contributed by atoms with Gasteiger partial charge in [-0.05, 0) is 38.5 Å². The summed E-state index contributed by atoms with van der Waals surface area (Å²) in [6.45, 7) is 2.48. The lowest BCUT2D eigenvalue weighted by Crippen LogP contribution is -2.50. The van der Waals surface area contributed by atoms with Gasteiger partial charge in [-0.1, -0.05) is 6.42 Å². The van der Waals surface area contributed by atoms with Gasteiger partial charge in [0.2, 0.25) is 5.91 Å². The van der Waals surface area contributed by atoms with Crippen molar-refractivity contribution in [1.29, 1.82) is 0 Å². The smallest absolute Gasteiger partial charge is 0.225 e. The van der Waals surface area contributed by atoms with E-state index < -0.39 is 0 Å². The van der Waals surface area contributed by atoms with E-state index in [0.29, 0.717) is 23.8 Å². The van der Waals surface area contributed by atoms with Crippen LogP contribution in [-0.4, -0.2) is 60.7 Å². The highest BCUT2D eigenvalue weighted by Crippen LogP contribution is 2.31. The normalized spacial score (nSPS) is 29.7. The minimum Gasteiger partial charge on any atom is -0.393 e. The molecule has 3 fully saturated rings. The quantitative estimate of drug-likeness (QED) is 0.526. The SMILES string of the molecule is CN=C(NCC1CCCC1O)NC1CCN(C(=O)C2CC2)CC1. The van der Waals surface area contributed by atoms with Gasteiger partial charge in [0.15, 0.2) is 5.96 Å². The van der Waals surface area contributed by atoms with Gasteiger partial charge >= 0.3 is 0 Å². The molecule has 0 aromatic carbocycles. The van der Waals surface area contributed by atoms with E-state index in [-0.39, 0.29) is 6.10 Å². The van der Waals surface area contributed by atoms with Gasteiger partial charge in [-0.2, -0.15) is 0 Å². The van der Waals surface area contributed by atoms with Crippen LogP contribution in [0.2, 0.25) is 0 Å². The molecular weight excluding hydrogens is 292 g/mol. The summed E-state index contributed by atoms with van der Waals surface area (Å²) in [4.78, 5) is 18.4. The molecule has 23 heavy (non-hydrogen) atoms. The number of carbonyl (C=O) groups excluding carboxylic acids is 1. The van der Waals surface area contributed by atoms with Crippen molar-refractivity contribution in [1.82, 2.24) is 15.5 Å². The van der Waals surface area contributed by atoms with E-state index in [1.807, 2.05) is 4.90 Å². The number of guanidine groups is 1. The van der Waals surface area contributed by atoms with Crippen LogP contribution in [0.5, 0.6) is 0 Å². The van der Waals surface area contributed by atoms with E-state index in [1.54, 1.807) is 7.05 Å². The highest BCUT2D eigenvalue weighted by molar-refractivity contribution is 5.81. The number of aliphatic imine (C=N–C) groups is 1. The molecule has 2 unspecified atom stereocenters. The second kappa shape index (κ2) is 7.51. The lowest BCUT2D eigenvalue weighted by Gasteiger charge is -2.33. The van der Waals surface area contributed by atoms with Gasteiger partial charge in [-0.15, -0.1) is 0 Å². The first-order valence-corrected chi connectivity index (χ1v) is 9.11. The summed E-state index contributed by atoms with van der Waals surface area (Å²) in [5.41, 5.74) is 0. The van der Waals surface area contributed by atoms with Crippen LogP contribution in [0.25, 0.3) is 0 Å². The van der Waals surface area contributed by atoms with Crippen molar-refractivity contribution in [2.24, 2.45) is 16.8 Å². The zero-order valence-electron chi connectivity index (χ0n) is 14.1. The van der Waals surface area contributed by atoms with Gasteiger partial charge in [-0.3, -0.25) is 9.79 Å². The third-order valence-corrected chi connectivity index (χ3v) is 5.45. The van der Waals surface area contributed by atoms with Gasteiger partial charge in [0.05, 0.1) is 6.10 Å². The Morgan fingerprint density at radius 2 is 1.91 bits per heavy atom. The topological polar surface area (TPSA) is 77.0 Å². The second-order valence-corrected chi connectivity index (χ2v) is 7.23. The number of aliphatic hydroxyl groups is 1. The number of rotatable bonds is 4. The van der Waals surface area contributed by atoms with Gasteiger partial charge in [0.25, 0.3) is 0 Å². The number of nitrogens with zero attached hydrogens (tertiary/aromatic N) is 2. The zero-order chi connectivity index (χ0) is 16.2. The standard InChI is InChI=1S/C17H30N4O2/c1-18-17(19-11-13-3-2-4-15(13)22)20-14-7-9-21(10-8-14)16(23)12-5-6-12/h12-15,22H,2-11H2,1H3,(H2,18,19,20). The highest BCUT2D eigenvalue weighted by Gasteiger charge is 2.35. The Kier molecular flexibility index (Phi) is 5.41. The molecule has 130 valence electrons. The minimum atomic E-state index is -0.169. The van der Waals surface area contributed by atoms with Crippen molar-refractivity contribution in [3.63, 3.8) is 0 Å². The molecule has 6 heteroatoms. The summed E-state index contributed by atoms with van der Waals surface area (Å²) in [5, 5.41) is 16.7. The Balaban J connectivity index is 1.38. The molecule has 2 aliphatic carbocycles. The van der Waals surface area contributed by atoms with E-state index in [0.717, 1.165) is 70.5 Å². The maximum absolute atomic E-state index is 12.1. The van der Waals surface area contributed by atoms with Crippen LogP contribution in [0, 0.1) is 11.8 Å². The van der Waals surface area contributed by atoms with E-state index >= 15 is 0 Å². The Morgan fingerprint density at radius 1 is 1.17 bits per heavy atom. The highest BCUT2D eigenvalue weighted by atomic mass is 16.3. The molecule has 0 spiro atoms. The Morgan fingerprint density at radius 3 is 2.48 bits per heavy atom. The number of likely N-dealkylation sites (tertiary alicyclic amines) is 1. The molecule has 1 aliphatic heterocycles. The average Bonchev–Trinajstić information content (AvgIpc) is 3.34. The fraction of sp³-hybridized carbons (Fsp3) is 0.882. The van der Waals surface area contributed by atoms with Crippen LogP contribution in [-0.2, 0) is 4.79 Å². The number of amides is 1. The zero-order valence-corrected chi connectivity index (χ0v) is 14.1. The van der Waals surface area contributed by atoms with E-state index in [4.69, 9.17) is 0 Å². The molecular formula is C17H30N4O2. The summed E-state index contributed by atoms with van der Waals surface area (Å²) in [5.74, 6) is 1.84. The molecule has 6 nitrogen and oxygen atoms in total. The van der Waals surface area contributed by atoms with Crippen molar-refractivity contribution in [3.8, 4) is 0 Å². The maximum atomic E-state index is 12.1. The number of nitrogens with one attached hydrogen (secondary N) is 2. The number of piperidine rings is 1. The van der Waals surface area contributed by atoms with Gasteiger partial charge in [0.1, 0.15) is 0 Å². The molecule has 3 N–H and O–H groups in total. The number of carbonyl (C=O) groups is 1. The van der Waals surface area contributed by atoms with Gasteiger partial charge in [-0.25, -0.2) is 0 Å². The number of hydrogen-bond donors (Lipinski definition) is 3. The third kappa shape index (κ3) is 4.37. The van der Waals surface area contributed by atoms with Gasteiger partial charge < -0.3 is 20.6 Å². The first-order valence-electron chi connectivity index (χ1n) is 9.11. The van der Waals surface area contributed by atoms with Crippen LogP contribution in [0.3, 0.4) is 0 Å². The van der Waals surface area contributed by atoms with Crippen LogP contribution >= 0.6 is 0 Å². The van der Waals surface area contributed by atoms with Crippen molar-refractivity contribution >= 4 is 11.9 Å². The van der Waals surface area contributed by atoms with Crippen LogP contribution < -0.4 is 10.6 Å². The van der Waals surface area contributed by atoms with Crippen LogP contribution in [0.4, 0.5) is 0 Å². The summed E-state index contributed by atoms with van der Waals surface area (Å²) < 4.78 is 0. The minimum absolute atomic E-state index is 0.169. The Hall–Kier alpha value is -1.30. The van der Waals surface area contributed by atoms with Crippen molar-refractivity contribution < 1.29 is 9.90 Å². The first-order chi connectivity index (χ1) is 11.2. The van der Waals surface area contributed by atoms with Crippen molar-refractivity contribution in [2.75, 3.05) is 26.7 Å². The lowest BCUT2D eigenvalue weighted by molar-refractivity contribution is -0.133. The average molecular weight is 322 g/mol. The lowest BCUT2D eigenvalue weighted by atomic mass is 10.0. The van der Waals surface area contributed by atoms with E-state index in [1.165, 1.54) is 0 Å². The van der Waals surface area contributed by atoms with Crippen LogP contribution in [0.15, 0.2) is 4.99 Å². The summed E-state index contributed by atoms with van der Waals surface area (Å²) >= 11 is 0. The van der Waals surface area contributed by atoms with E-state index in [9.17, 15) is 9.90 Å². The molecule has 1 heterocycles. The predicted octanol–water partition coefficient (Wildman–Crippen LogP) is 0.713. The van der Waals surface area contributed by atoms with Crippen molar-refractivity contribution in [3.05, 3.63) is 0 Å². The predicted molar refractivity (Wildman–Crippen MR) is 90.2 cm³/mol. The van der Waals surface area contributed by atoms with Crippen molar-refractivity contribution in [2.45, 2.75) is 57.1 Å². The number of hydrogen-bond acceptors (Lipinski definition) is 3. The summed E-state index contributed by atoms with van der Waals surface area (Å²) in [7, 11) is 1.78. The third-order valence-electron chi connectivity index (χ3n) is 5.45. The first kappa shape index (κ1) is 16.6. The molecule has 1 amide bonds. The monoisotopic (exact) mass is 322 g/mol. The Bertz CT molecular complexity index is 442. The molecule has 3 rings (SSSR count). The molecule has 2 atom stereocenters. The molecule has 0 radical (unpaired) electrons. The fourth-order valence-electron chi connectivity index (χ4n) is 3.70. The Labute approximate surface area is 138 Å². The molecule has 0 aromatic heterocycles. The molecule has 0 aromatic rings. The number of aliphatic hydroxyl groups excluding tert-OH is 1. The molecule has 2 saturated carbocycles. The summed E-state index contributed by atoms with van der Waals surface area (Å²) in [6, 6.07) is 0.373. The maximum Gasteiger partial charge on any atom is 0.225 e. The van der Waals surface area contributed by atoms with E-state index in [2.05, 4.69) is 15.6 Å². The molecule has 0 bridgehead atoms.